The van der Waals surface area contributed by atoms with E-state index in [2.05, 4.69) is 0 Å². The van der Waals surface area contributed by atoms with Crippen LogP contribution in [0.2, 0.25) is 0 Å². The van der Waals surface area contributed by atoms with E-state index in [4.69, 9.17) is 18.9 Å². The molecule has 0 amide bonds. The van der Waals surface area contributed by atoms with Gasteiger partial charge in [0.2, 0.25) is 0 Å². The lowest BCUT2D eigenvalue weighted by atomic mass is 10.1. The summed E-state index contributed by atoms with van der Waals surface area (Å²) < 4.78 is 100. The van der Waals surface area contributed by atoms with Crippen molar-refractivity contribution in [2.75, 3.05) is 26.4 Å². The minimum Gasteiger partial charge on any atom is -0.373 e. The van der Waals surface area contributed by atoms with Gasteiger partial charge in [0.05, 0.1) is 24.3 Å². The van der Waals surface area contributed by atoms with Gasteiger partial charge >= 0.3 is 12.4 Å². The Bertz CT molecular complexity index is 913. The van der Waals surface area contributed by atoms with Crippen molar-refractivity contribution in [3.63, 3.8) is 0 Å². The summed E-state index contributed by atoms with van der Waals surface area (Å²) in [6.07, 6.45) is -7.81. The first kappa shape index (κ1) is 26.9. The number of rotatable bonds is 10. The summed E-state index contributed by atoms with van der Waals surface area (Å²) in [6.45, 7) is 1.39. The standard InChI is InChI=1S/C26H28F6O4/c27-25(28,29)19-9-1-5-17(13-19)7-3-11-33-21-15-35-24-22(16-36-23(21)24)34-12-4-8-18-6-2-10-20(14-18)26(30,31)32/h1-2,5-6,9-10,13-14,21-24H,3-4,7-8,11-12,15-16H2/t21-,22+,23-,24-/m1/s1. The van der Waals surface area contributed by atoms with Crippen LogP contribution in [0.5, 0.6) is 0 Å². The molecule has 10 heteroatoms. The maximum atomic E-state index is 12.8. The average molecular weight is 518 g/mol. The second-order valence-electron chi connectivity index (χ2n) is 9.02. The lowest BCUT2D eigenvalue weighted by Crippen LogP contribution is -2.34. The maximum Gasteiger partial charge on any atom is 0.416 e. The number of hydrogen-bond acceptors (Lipinski definition) is 4. The van der Waals surface area contributed by atoms with Crippen molar-refractivity contribution in [2.24, 2.45) is 0 Å². The van der Waals surface area contributed by atoms with Crippen molar-refractivity contribution >= 4 is 0 Å². The molecule has 2 fully saturated rings. The van der Waals surface area contributed by atoms with Gasteiger partial charge in [-0.05, 0) is 48.9 Å². The van der Waals surface area contributed by atoms with Gasteiger partial charge in [-0.3, -0.25) is 0 Å². The Morgan fingerprint density at radius 1 is 0.667 bits per heavy atom. The van der Waals surface area contributed by atoms with Crippen LogP contribution in [-0.4, -0.2) is 50.8 Å². The zero-order chi connectivity index (χ0) is 25.8. The Hall–Kier alpha value is -2.14. The highest BCUT2D eigenvalue weighted by molar-refractivity contribution is 5.26. The van der Waals surface area contributed by atoms with Crippen LogP contribution in [0, 0.1) is 0 Å². The molecule has 0 unspecified atom stereocenters. The third kappa shape index (κ3) is 7.00. The fourth-order valence-electron chi connectivity index (χ4n) is 4.54. The lowest BCUT2D eigenvalue weighted by molar-refractivity contribution is -0.138. The molecule has 0 aromatic heterocycles. The van der Waals surface area contributed by atoms with Gasteiger partial charge in [0.25, 0.3) is 0 Å². The minimum atomic E-state index is -4.36. The van der Waals surface area contributed by atoms with Crippen LogP contribution >= 0.6 is 0 Å². The molecule has 2 aromatic carbocycles. The highest BCUT2D eigenvalue weighted by Crippen LogP contribution is 2.32. The number of halogens is 6. The molecule has 4 atom stereocenters. The van der Waals surface area contributed by atoms with E-state index >= 15 is 0 Å². The first-order chi connectivity index (χ1) is 17.1. The number of hydrogen-bond donors (Lipinski definition) is 0. The summed E-state index contributed by atoms with van der Waals surface area (Å²) in [5.41, 5.74) is -0.115. The lowest BCUT2D eigenvalue weighted by Gasteiger charge is -2.17. The van der Waals surface area contributed by atoms with Crippen molar-refractivity contribution in [2.45, 2.75) is 62.5 Å². The molecule has 0 spiro atoms. The summed E-state index contributed by atoms with van der Waals surface area (Å²) in [5, 5.41) is 0. The summed E-state index contributed by atoms with van der Waals surface area (Å²) in [5.74, 6) is 0. The molecule has 4 nitrogen and oxygen atoms in total. The average Bonchev–Trinajstić information content (AvgIpc) is 3.42. The Kier molecular flexibility index (Phi) is 8.59. The van der Waals surface area contributed by atoms with Crippen molar-refractivity contribution in [3.8, 4) is 0 Å². The smallest absolute Gasteiger partial charge is 0.373 e. The van der Waals surface area contributed by atoms with Gasteiger partial charge in [-0.25, -0.2) is 0 Å². The Morgan fingerprint density at radius 2 is 1.08 bits per heavy atom. The van der Waals surface area contributed by atoms with Gasteiger partial charge in [0.1, 0.15) is 24.4 Å². The van der Waals surface area contributed by atoms with Crippen LogP contribution in [-0.2, 0) is 44.1 Å². The Labute approximate surface area is 205 Å². The molecular formula is C26H28F6O4. The third-order valence-electron chi connectivity index (χ3n) is 6.35. The zero-order valence-corrected chi connectivity index (χ0v) is 19.5. The highest BCUT2D eigenvalue weighted by Gasteiger charge is 2.48. The van der Waals surface area contributed by atoms with Crippen molar-refractivity contribution in [1.82, 2.24) is 0 Å². The SMILES string of the molecule is FC(F)(F)c1cccc(CCCO[C@H]2CO[C@H]3[C@@H]2OC[C@H]3OCCCc2cccc(C(F)(F)F)c2)c1. The van der Waals surface area contributed by atoms with E-state index in [-0.39, 0.29) is 24.4 Å². The molecule has 4 rings (SSSR count). The van der Waals surface area contributed by atoms with Gasteiger partial charge < -0.3 is 18.9 Å². The molecule has 0 aliphatic carbocycles. The molecule has 36 heavy (non-hydrogen) atoms. The normalized spacial score (nSPS) is 24.3. The zero-order valence-electron chi connectivity index (χ0n) is 19.5. The molecule has 2 saturated heterocycles. The molecule has 2 aromatic rings. The van der Waals surface area contributed by atoms with Crippen LogP contribution in [0.3, 0.4) is 0 Å². The van der Waals surface area contributed by atoms with Gasteiger partial charge in [-0.15, -0.1) is 0 Å². The van der Waals surface area contributed by atoms with E-state index in [0.29, 0.717) is 63.2 Å². The van der Waals surface area contributed by atoms with Crippen LogP contribution in [0.25, 0.3) is 0 Å². The van der Waals surface area contributed by atoms with E-state index in [9.17, 15) is 26.3 Å². The molecule has 198 valence electrons. The van der Waals surface area contributed by atoms with Gasteiger partial charge in [-0.2, -0.15) is 26.3 Å². The minimum absolute atomic E-state index is 0.282. The van der Waals surface area contributed by atoms with E-state index in [1.807, 2.05) is 0 Å². The van der Waals surface area contributed by atoms with Crippen LogP contribution in [0.15, 0.2) is 48.5 Å². The maximum absolute atomic E-state index is 12.8. The van der Waals surface area contributed by atoms with Crippen molar-refractivity contribution in [1.29, 1.82) is 0 Å². The number of benzene rings is 2. The summed E-state index contributed by atoms with van der Waals surface area (Å²) in [4.78, 5) is 0. The van der Waals surface area contributed by atoms with E-state index < -0.39 is 23.5 Å². The van der Waals surface area contributed by atoms with Crippen LogP contribution < -0.4 is 0 Å². The fourth-order valence-corrected chi connectivity index (χ4v) is 4.54. The summed E-state index contributed by atoms with van der Waals surface area (Å²) in [6, 6.07) is 10.6. The van der Waals surface area contributed by atoms with Crippen molar-refractivity contribution < 1.29 is 45.3 Å². The number of ether oxygens (including phenoxy) is 4. The molecule has 2 aliphatic heterocycles. The van der Waals surface area contributed by atoms with E-state index in [1.54, 1.807) is 12.1 Å². The monoisotopic (exact) mass is 518 g/mol. The quantitative estimate of drug-likeness (QED) is 0.292. The van der Waals surface area contributed by atoms with Crippen LogP contribution in [0.4, 0.5) is 26.3 Å². The molecule has 0 saturated carbocycles. The molecule has 2 heterocycles. The second kappa shape index (κ2) is 11.5. The van der Waals surface area contributed by atoms with Gasteiger partial charge in [0, 0.05) is 13.2 Å². The van der Waals surface area contributed by atoms with Gasteiger partial charge in [-0.1, -0.05) is 36.4 Å². The van der Waals surface area contributed by atoms with Crippen LogP contribution in [0.1, 0.15) is 35.1 Å². The number of alkyl halides is 6. The van der Waals surface area contributed by atoms with Gasteiger partial charge in [0.15, 0.2) is 0 Å². The molecule has 2 aliphatic rings. The largest absolute Gasteiger partial charge is 0.416 e. The first-order valence-electron chi connectivity index (χ1n) is 11.9. The first-order valence-corrected chi connectivity index (χ1v) is 11.9. The second-order valence-corrected chi connectivity index (χ2v) is 9.02. The predicted octanol–water partition coefficient (Wildman–Crippen LogP) is 5.86. The Morgan fingerprint density at radius 3 is 1.47 bits per heavy atom. The molecule has 0 N–H and O–H groups in total. The molecular weight excluding hydrogens is 490 g/mol. The number of fused-ring (bicyclic) bond motifs is 1. The molecule has 0 radical (unpaired) electrons. The summed E-state index contributed by atoms with van der Waals surface area (Å²) >= 11 is 0. The summed E-state index contributed by atoms with van der Waals surface area (Å²) in [7, 11) is 0. The van der Waals surface area contributed by atoms with E-state index in [0.717, 1.165) is 24.3 Å². The fraction of sp³-hybridized carbons (Fsp3) is 0.538. The molecule has 0 bridgehead atoms. The number of aryl methyl sites for hydroxylation is 2. The third-order valence-corrected chi connectivity index (χ3v) is 6.35. The topological polar surface area (TPSA) is 36.9 Å². The highest BCUT2D eigenvalue weighted by atomic mass is 19.4. The predicted molar refractivity (Wildman–Crippen MR) is 118 cm³/mol. The van der Waals surface area contributed by atoms with E-state index in [1.165, 1.54) is 12.1 Å². The Balaban J connectivity index is 1.15. The van der Waals surface area contributed by atoms with Crippen molar-refractivity contribution in [3.05, 3.63) is 70.8 Å².